The molecule has 0 saturated carbocycles. The number of hydrogen-bond acceptors (Lipinski definition) is 4. The monoisotopic (exact) mass is 237 g/mol. The lowest BCUT2D eigenvalue weighted by molar-refractivity contribution is 0.134. The molecule has 0 bridgehead atoms. The minimum Gasteiger partial charge on any atom is -0.395 e. The molecule has 96 valence electrons. The van der Waals surface area contributed by atoms with E-state index in [0.29, 0.717) is 6.54 Å². The van der Waals surface area contributed by atoms with E-state index in [1.165, 1.54) is 0 Å². The molecule has 2 atom stereocenters. The second kappa shape index (κ2) is 7.37. The molecule has 1 aromatic rings. The van der Waals surface area contributed by atoms with Crippen LogP contribution in [0.25, 0.3) is 0 Å². The van der Waals surface area contributed by atoms with E-state index in [1.54, 1.807) is 6.20 Å². The molecule has 1 rings (SSSR count). The molecule has 0 saturated heterocycles. The maximum Gasteiger partial charge on any atom is 0.0671 e. The molecule has 0 fully saturated rings. The lowest BCUT2D eigenvalue weighted by Crippen LogP contribution is -2.41. The molecular weight excluding hydrogens is 214 g/mol. The first-order valence-electron chi connectivity index (χ1n) is 6.22. The summed E-state index contributed by atoms with van der Waals surface area (Å²) in [7, 11) is 0. The van der Waals surface area contributed by atoms with Crippen LogP contribution in [0.1, 0.15) is 32.0 Å². The third-order valence-corrected chi connectivity index (χ3v) is 2.78. The van der Waals surface area contributed by atoms with Crippen LogP contribution in [0.3, 0.4) is 0 Å². The van der Waals surface area contributed by atoms with Crippen molar-refractivity contribution >= 4 is 0 Å². The molecule has 3 N–H and O–H groups in total. The molecule has 2 unspecified atom stereocenters. The van der Waals surface area contributed by atoms with Crippen LogP contribution in [0.2, 0.25) is 0 Å². The quantitative estimate of drug-likeness (QED) is 0.747. The van der Waals surface area contributed by atoms with Crippen LogP contribution in [0, 0.1) is 0 Å². The van der Waals surface area contributed by atoms with Crippen molar-refractivity contribution in [2.45, 2.75) is 32.4 Å². The van der Waals surface area contributed by atoms with Gasteiger partial charge in [-0.25, -0.2) is 0 Å². The van der Waals surface area contributed by atoms with Gasteiger partial charge in [-0.2, -0.15) is 0 Å². The van der Waals surface area contributed by atoms with Gasteiger partial charge in [0.1, 0.15) is 0 Å². The van der Waals surface area contributed by atoms with Gasteiger partial charge < -0.3 is 10.8 Å². The van der Waals surface area contributed by atoms with Crippen LogP contribution >= 0.6 is 0 Å². The minimum atomic E-state index is -0.0111. The Bertz CT molecular complexity index is 297. The highest BCUT2D eigenvalue weighted by Crippen LogP contribution is 2.21. The topological polar surface area (TPSA) is 62.4 Å². The highest BCUT2D eigenvalue weighted by Gasteiger charge is 2.23. The fourth-order valence-electron chi connectivity index (χ4n) is 2.15. The first-order valence-corrected chi connectivity index (χ1v) is 6.22. The van der Waals surface area contributed by atoms with Crippen LogP contribution in [0.4, 0.5) is 0 Å². The summed E-state index contributed by atoms with van der Waals surface area (Å²) >= 11 is 0. The van der Waals surface area contributed by atoms with Crippen molar-refractivity contribution in [1.82, 2.24) is 9.88 Å². The standard InChI is InChI=1S/C13H23N3O/c1-3-8-16(9-10-17)13(11(2)14)12-6-4-5-7-15-12/h4-7,11,13,17H,3,8-10,14H2,1-2H3. The minimum absolute atomic E-state index is 0.0111. The van der Waals surface area contributed by atoms with E-state index in [-0.39, 0.29) is 18.7 Å². The van der Waals surface area contributed by atoms with Gasteiger partial charge in [0, 0.05) is 18.8 Å². The van der Waals surface area contributed by atoms with E-state index in [9.17, 15) is 0 Å². The van der Waals surface area contributed by atoms with Gasteiger partial charge in [-0.15, -0.1) is 0 Å². The zero-order chi connectivity index (χ0) is 12.7. The molecule has 0 amide bonds. The van der Waals surface area contributed by atoms with E-state index < -0.39 is 0 Å². The summed E-state index contributed by atoms with van der Waals surface area (Å²) in [5.74, 6) is 0. The zero-order valence-corrected chi connectivity index (χ0v) is 10.7. The number of hydrogen-bond donors (Lipinski definition) is 2. The maximum absolute atomic E-state index is 9.14. The SMILES string of the molecule is CCCN(CCO)C(c1ccccn1)C(C)N. The second-order valence-electron chi connectivity index (χ2n) is 4.32. The van der Waals surface area contributed by atoms with E-state index in [2.05, 4.69) is 16.8 Å². The zero-order valence-electron chi connectivity index (χ0n) is 10.7. The number of rotatable bonds is 7. The second-order valence-corrected chi connectivity index (χ2v) is 4.32. The van der Waals surface area contributed by atoms with Gasteiger partial charge in [-0.3, -0.25) is 9.88 Å². The van der Waals surface area contributed by atoms with Gasteiger partial charge in [-0.1, -0.05) is 13.0 Å². The van der Waals surface area contributed by atoms with Gasteiger partial charge in [0.05, 0.1) is 18.3 Å². The van der Waals surface area contributed by atoms with E-state index in [4.69, 9.17) is 10.8 Å². The summed E-state index contributed by atoms with van der Waals surface area (Å²) in [6, 6.07) is 5.93. The van der Waals surface area contributed by atoms with Crippen molar-refractivity contribution in [2.24, 2.45) is 5.73 Å². The Kier molecular flexibility index (Phi) is 6.11. The van der Waals surface area contributed by atoms with Crippen LogP contribution in [0.15, 0.2) is 24.4 Å². The maximum atomic E-state index is 9.14. The number of nitrogens with zero attached hydrogens (tertiary/aromatic N) is 2. The number of aromatic nitrogens is 1. The molecule has 0 aliphatic carbocycles. The number of aliphatic hydroxyl groups is 1. The predicted octanol–water partition coefficient (Wildman–Crippen LogP) is 1.17. The summed E-state index contributed by atoms with van der Waals surface area (Å²) in [6.07, 6.45) is 2.82. The highest BCUT2D eigenvalue weighted by molar-refractivity contribution is 5.11. The van der Waals surface area contributed by atoms with Crippen molar-refractivity contribution in [3.8, 4) is 0 Å². The van der Waals surface area contributed by atoms with Gasteiger partial charge in [0.15, 0.2) is 0 Å². The smallest absolute Gasteiger partial charge is 0.0671 e. The average Bonchev–Trinajstić information content (AvgIpc) is 2.31. The first-order chi connectivity index (χ1) is 8.20. The number of pyridine rings is 1. The fourth-order valence-corrected chi connectivity index (χ4v) is 2.15. The molecule has 17 heavy (non-hydrogen) atoms. The van der Waals surface area contributed by atoms with Crippen molar-refractivity contribution in [1.29, 1.82) is 0 Å². The number of aliphatic hydroxyl groups excluding tert-OH is 1. The lowest BCUT2D eigenvalue weighted by atomic mass is 10.0. The summed E-state index contributed by atoms with van der Waals surface area (Å²) in [4.78, 5) is 6.58. The third kappa shape index (κ3) is 4.07. The van der Waals surface area contributed by atoms with Crippen molar-refractivity contribution in [2.75, 3.05) is 19.7 Å². The van der Waals surface area contributed by atoms with Crippen molar-refractivity contribution in [3.63, 3.8) is 0 Å². The van der Waals surface area contributed by atoms with Gasteiger partial charge in [-0.05, 0) is 32.0 Å². The fraction of sp³-hybridized carbons (Fsp3) is 0.615. The van der Waals surface area contributed by atoms with E-state index in [1.807, 2.05) is 25.1 Å². The molecule has 1 aromatic heterocycles. The Hall–Kier alpha value is -0.970. The van der Waals surface area contributed by atoms with E-state index in [0.717, 1.165) is 18.7 Å². The molecule has 0 radical (unpaired) electrons. The van der Waals surface area contributed by atoms with Gasteiger partial charge >= 0.3 is 0 Å². The lowest BCUT2D eigenvalue weighted by Gasteiger charge is -2.33. The molecule has 4 heteroatoms. The van der Waals surface area contributed by atoms with Crippen molar-refractivity contribution in [3.05, 3.63) is 30.1 Å². The largest absolute Gasteiger partial charge is 0.395 e. The van der Waals surface area contributed by atoms with E-state index >= 15 is 0 Å². The summed E-state index contributed by atoms with van der Waals surface area (Å²) < 4.78 is 0. The Morgan fingerprint density at radius 2 is 2.18 bits per heavy atom. The molecular formula is C13H23N3O. The summed E-state index contributed by atoms with van der Waals surface area (Å²) in [5.41, 5.74) is 7.04. The average molecular weight is 237 g/mol. The molecule has 0 aromatic carbocycles. The van der Waals surface area contributed by atoms with Gasteiger partial charge in [0.25, 0.3) is 0 Å². The molecule has 1 heterocycles. The van der Waals surface area contributed by atoms with Crippen LogP contribution in [-0.4, -0.2) is 40.7 Å². The molecule has 4 nitrogen and oxygen atoms in total. The Morgan fingerprint density at radius 1 is 1.41 bits per heavy atom. The Labute approximate surface area is 103 Å². The van der Waals surface area contributed by atoms with Crippen molar-refractivity contribution < 1.29 is 5.11 Å². The predicted molar refractivity (Wildman–Crippen MR) is 69.6 cm³/mol. The summed E-state index contributed by atoms with van der Waals surface area (Å²) in [6.45, 7) is 5.82. The Balaban J connectivity index is 2.90. The van der Waals surface area contributed by atoms with Gasteiger partial charge in [0.2, 0.25) is 0 Å². The summed E-state index contributed by atoms with van der Waals surface area (Å²) in [5, 5.41) is 9.14. The normalized spacial score (nSPS) is 14.9. The van der Waals surface area contributed by atoms with Crippen LogP contribution < -0.4 is 5.73 Å². The molecule has 0 spiro atoms. The number of nitrogens with two attached hydrogens (primary N) is 1. The highest BCUT2D eigenvalue weighted by atomic mass is 16.3. The molecule has 0 aliphatic heterocycles. The van der Waals surface area contributed by atoms with Crippen LogP contribution in [-0.2, 0) is 0 Å². The third-order valence-electron chi connectivity index (χ3n) is 2.78. The first kappa shape index (κ1) is 14.1. The van der Waals surface area contributed by atoms with Crippen LogP contribution in [0.5, 0.6) is 0 Å². The molecule has 0 aliphatic rings. The Morgan fingerprint density at radius 3 is 2.65 bits per heavy atom.